The summed E-state index contributed by atoms with van der Waals surface area (Å²) in [6.45, 7) is 9.77. The smallest absolute Gasteiger partial charge is 0.330 e. The number of aromatic nitrogens is 3. The van der Waals surface area contributed by atoms with E-state index in [2.05, 4.69) is 20.6 Å². The highest BCUT2D eigenvalue weighted by Gasteiger charge is 2.22. The molecule has 0 bridgehead atoms. The molecular weight excluding hydrogens is 358 g/mol. The first-order chi connectivity index (χ1) is 13.3. The predicted octanol–water partition coefficient (Wildman–Crippen LogP) is 1.35. The molecule has 1 aliphatic rings. The summed E-state index contributed by atoms with van der Waals surface area (Å²) in [5.74, 6) is -0.0837. The molecule has 1 fully saturated rings. The van der Waals surface area contributed by atoms with Crippen LogP contribution < -0.4 is 21.9 Å². The van der Waals surface area contributed by atoms with Gasteiger partial charge in [0.25, 0.3) is 11.5 Å². The molecule has 28 heavy (non-hydrogen) atoms. The van der Waals surface area contributed by atoms with Crippen LogP contribution in [0.4, 0.5) is 0 Å². The first-order valence-electron chi connectivity index (χ1n) is 9.97. The van der Waals surface area contributed by atoms with Crippen LogP contribution in [0.3, 0.4) is 0 Å². The average Bonchev–Trinajstić information content (AvgIpc) is 3.15. The average molecular weight is 387 g/mol. The monoisotopic (exact) mass is 387 g/mol. The summed E-state index contributed by atoms with van der Waals surface area (Å²) in [5.41, 5.74) is 0.149. The standard InChI is InChI=1S/C20H29N5O3/c1-11(2)10-25-17-16(19(27)24-20(25)28)14(8-15(23-17)12(3)4)18(26)22-9-13-6-5-7-21-13/h8,11-13,21H,5-7,9-10H2,1-4H3,(H,22,26)(H,24,27,28). The van der Waals surface area contributed by atoms with Gasteiger partial charge in [-0.15, -0.1) is 0 Å². The zero-order valence-electron chi connectivity index (χ0n) is 17.0. The molecule has 3 rings (SSSR count). The van der Waals surface area contributed by atoms with Crippen LogP contribution in [0.1, 0.15) is 62.5 Å². The largest absolute Gasteiger partial charge is 0.350 e. The summed E-state index contributed by atoms with van der Waals surface area (Å²) in [5, 5.41) is 6.44. The number of amides is 1. The Morgan fingerprint density at radius 3 is 2.68 bits per heavy atom. The van der Waals surface area contributed by atoms with Crippen molar-refractivity contribution in [2.24, 2.45) is 5.92 Å². The molecule has 1 atom stereocenters. The zero-order valence-corrected chi connectivity index (χ0v) is 17.0. The second kappa shape index (κ2) is 8.26. The van der Waals surface area contributed by atoms with Crippen molar-refractivity contribution >= 4 is 16.9 Å². The first kappa shape index (κ1) is 20.3. The summed E-state index contributed by atoms with van der Waals surface area (Å²) in [6, 6.07) is 1.92. The van der Waals surface area contributed by atoms with Crippen molar-refractivity contribution in [2.45, 2.75) is 59.0 Å². The fourth-order valence-corrected chi connectivity index (χ4v) is 3.54. The predicted molar refractivity (Wildman–Crippen MR) is 109 cm³/mol. The Kier molecular flexibility index (Phi) is 5.98. The molecule has 0 spiro atoms. The second-order valence-electron chi connectivity index (χ2n) is 8.22. The summed E-state index contributed by atoms with van der Waals surface area (Å²) in [7, 11) is 0. The van der Waals surface area contributed by atoms with Gasteiger partial charge >= 0.3 is 5.69 Å². The fourth-order valence-electron chi connectivity index (χ4n) is 3.54. The molecule has 1 unspecified atom stereocenters. The highest BCUT2D eigenvalue weighted by molar-refractivity contribution is 6.05. The van der Waals surface area contributed by atoms with Gasteiger partial charge in [0.2, 0.25) is 0 Å². The summed E-state index contributed by atoms with van der Waals surface area (Å²) >= 11 is 0. The number of rotatable bonds is 6. The van der Waals surface area contributed by atoms with E-state index in [1.807, 2.05) is 27.7 Å². The normalized spacial score (nSPS) is 17.0. The van der Waals surface area contributed by atoms with Crippen LogP contribution in [0, 0.1) is 5.92 Å². The molecule has 0 saturated carbocycles. The Labute approximate surface area is 163 Å². The minimum atomic E-state index is -0.577. The van der Waals surface area contributed by atoms with E-state index in [-0.39, 0.29) is 40.4 Å². The van der Waals surface area contributed by atoms with E-state index in [0.29, 0.717) is 18.8 Å². The van der Waals surface area contributed by atoms with Gasteiger partial charge in [-0.1, -0.05) is 27.7 Å². The Morgan fingerprint density at radius 2 is 2.07 bits per heavy atom. The van der Waals surface area contributed by atoms with E-state index in [4.69, 9.17) is 0 Å². The molecule has 8 heteroatoms. The number of hydrogen-bond donors (Lipinski definition) is 3. The minimum absolute atomic E-state index is 0.0503. The van der Waals surface area contributed by atoms with Crippen molar-refractivity contribution in [1.82, 2.24) is 25.2 Å². The van der Waals surface area contributed by atoms with E-state index in [0.717, 1.165) is 19.4 Å². The number of nitrogens with one attached hydrogen (secondary N) is 3. The van der Waals surface area contributed by atoms with E-state index in [1.165, 1.54) is 4.57 Å². The maximum atomic E-state index is 13.0. The topological polar surface area (TPSA) is 109 Å². The van der Waals surface area contributed by atoms with Gasteiger partial charge in [0.05, 0.1) is 10.9 Å². The van der Waals surface area contributed by atoms with Crippen molar-refractivity contribution in [2.75, 3.05) is 13.1 Å². The van der Waals surface area contributed by atoms with E-state index in [1.54, 1.807) is 6.07 Å². The third kappa shape index (κ3) is 4.16. The number of carbonyl (C=O) groups is 1. The quantitative estimate of drug-likeness (QED) is 0.693. The molecule has 1 aliphatic heterocycles. The molecule has 1 amide bonds. The zero-order chi connectivity index (χ0) is 20.4. The molecule has 0 aliphatic carbocycles. The molecule has 8 nitrogen and oxygen atoms in total. The highest BCUT2D eigenvalue weighted by atomic mass is 16.2. The molecule has 3 heterocycles. The minimum Gasteiger partial charge on any atom is -0.350 e. The van der Waals surface area contributed by atoms with E-state index >= 15 is 0 Å². The summed E-state index contributed by atoms with van der Waals surface area (Å²) in [6.07, 6.45) is 2.11. The molecule has 2 aromatic heterocycles. The van der Waals surface area contributed by atoms with Crippen molar-refractivity contribution in [1.29, 1.82) is 0 Å². The van der Waals surface area contributed by atoms with E-state index < -0.39 is 11.2 Å². The number of fused-ring (bicyclic) bond motifs is 1. The Bertz CT molecular complexity index is 984. The van der Waals surface area contributed by atoms with Crippen LogP contribution in [0.15, 0.2) is 15.7 Å². The lowest BCUT2D eigenvalue weighted by Crippen LogP contribution is -2.38. The number of carbonyl (C=O) groups excluding carboxylic acids is 1. The van der Waals surface area contributed by atoms with Gasteiger partial charge in [0, 0.05) is 24.8 Å². The van der Waals surface area contributed by atoms with Crippen LogP contribution in [0.2, 0.25) is 0 Å². The Morgan fingerprint density at radius 1 is 1.32 bits per heavy atom. The van der Waals surface area contributed by atoms with Gasteiger partial charge < -0.3 is 10.6 Å². The van der Waals surface area contributed by atoms with Crippen molar-refractivity contribution in [3.05, 3.63) is 38.2 Å². The van der Waals surface area contributed by atoms with Crippen molar-refractivity contribution < 1.29 is 4.79 Å². The van der Waals surface area contributed by atoms with Crippen LogP contribution in [-0.2, 0) is 6.54 Å². The molecular formula is C20H29N5O3. The molecule has 152 valence electrons. The lowest BCUT2D eigenvalue weighted by molar-refractivity contribution is 0.0951. The lowest BCUT2D eigenvalue weighted by atomic mass is 10.0. The van der Waals surface area contributed by atoms with Gasteiger partial charge in [0.15, 0.2) is 5.65 Å². The first-order valence-corrected chi connectivity index (χ1v) is 9.97. The SMILES string of the molecule is CC(C)Cn1c(=O)[nH]c(=O)c2c(C(=O)NCC3CCCN3)cc(C(C)C)nc21. The van der Waals surface area contributed by atoms with Gasteiger partial charge in [0.1, 0.15) is 0 Å². The van der Waals surface area contributed by atoms with Gasteiger partial charge in [-0.2, -0.15) is 0 Å². The summed E-state index contributed by atoms with van der Waals surface area (Å²) < 4.78 is 1.46. The third-order valence-electron chi connectivity index (χ3n) is 5.02. The number of aromatic amines is 1. The Balaban J connectivity index is 2.13. The molecule has 1 saturated heterocycles. The maximum Gasteiger partial charge on any atom is 0.330 e. The van der Waals surface area contributed by atoms with Crippen molar-refractivity contribution in [3.63, 3.8) is 0 Å². The summed E-state index contributed by atoms with van der Waals surface area (Å²) in [4.78, 5) is 44.9. The van der Waals surface area contributed by atoms with Gasteiger partial charge in [-0.25, -0.2) is 9.78 Å². The van der Waals surface area contributed by atoms with Crippen LogP contribution >= 0.6 is 0 Å². The lowest BCUT2D eigenvalue weighted by Gasteiger charge is -2.16. The maximum absolute atomic E-state index is 13.0. The van der Waals surface area contributed by atoms with E-state index in [9.17, 15) is 14.4 Å². The Hall–Kier alpha value is -2.48. The molecule has 3 N–H and O–H groups in total. The van der Waals surface area contributed by atoms with Gasteiger partial charge in [-0.3, -0.25) is 19.1 Å². The number of hydrogen-bond acceptors (Lipinski definition) is 5. The number of pyridine rings is 1. The van der Waals surface area contributed by atoms with Crippen molar-refractivity contribution in [3.8, 4) is 0 Å². The van der Waals surface area contributed by atoms with Crippen LogP contribution in [-0.4, -0.2) is 39.6 Å². The molecule has 0 aromatic carbocycles. The van der Waals surface area contributed by atoms with Crippen LogP contribution in [0.5, 0.6) is 0 Å². The molecule has 2 aromatic rings. The fraction of sp³-hybridized carbons (Fsp3) is 0.600. The highest BCUT2D eigenvalue weighted by Crippen LogP contribution is 2.20. The van der Waals surface area contributed by atoms with Crippen LogP contribution in [0.25, 0.3) is 11.0 Å². The number of H-pyrrole nitrogens is 1. The number of nitrogens with zero attached hydrogens (tertiary/aromatic N) is 2. The third-order valence-corrected chi connectivity index (χ3v) is 5.02. The van der Waals surface area contributed by atoms with Gasteiger partial charge in [-0.05, 0) is 37.3 Å². The molecule has 0 radical (unpaired) electrons. The second-order valence-corrected chi connectivity index (χ2v) is 8.22.